The minimum absolute atomic E-state index is 0.0901. The summed E-state index contributed by atoms with van der Waals surface area (Å²) in [5.74, 6) is 0.796. The molecule has 3 heterocycles. The van der Waals surface area contributed by atoms with Crippen molar-refractivity contribution in [1.82, 2.24) is 14.8 Å². The minimum atomic E-state index is -4.58. The fourth-order valence-corrected chi connectivity index (χ4v) is 3.22. The smallest absolute Gasteiger partial charge is 0.433 e. The molecule has 0 atom stereocenters. The second-order valence-corrected chi connectivity index (χ2v) is 6.78. The van der Waals surface area contributed by atoms with Crippen LogP contribution in [0, 0.1) is 6.92 Å². The number of carbonyl (C=O) groups excluding carboxylic acids is 1. The number of pyridine rings is 1. The second kappa shape index (κ2) is 7.78. The van der Waals surface area contributed by atoms with Crippen LogP contribution in [-0.2, 0) is 19.8 Å². The fraction of sp³-hybridized carbons (Fsp3) is 0.190. The van der Waals surface area contributed by atoms with Crippen molar-refractivity contribution in [2.24, 2.45) is 7.05 Å². The Kier molecular flexibility index (Phi) is 5.14. The topological polar surface area (TPSA) is 82.2 Å². The van der Waals surface area contributed by atoms with Crippen LogP contribution in [0.2, 0.25) is 0 Å². The van der Waals surface area contributed by atoms with E-state index in [1.165, 1.54) is 16.8 Å². The van der Waals surface area contributed by atoms with Gasteiger partial charge >= 0.3 is 6.18 Å². The molecule has 1 amide bonds. The van der Waals surface area contributed by atoms with E-state index < -0.39 is 17.8 Å². The maximum Gasteiger partial charge on any atom is 0.433 e. The van der Waals surface area contributed by atoms with Gasteiger partial charge in [0.05, 0.1) is 11.8 Å². The zero-order chi connectivity index (χ0) is 22.2. The summed E-state index contributed by atoms with van der Waals surface area (Å²) in [6.45, 7) is 1.32. The van der Waals surface area contributed by atoms with Gasteiger partial charge in [-0.1, -0.05) is 6.07 Å². The zero-order valence-corrected chi connectivity index (χ0v) is 16.5. The van der Waals surface area contributed by atoms with Crippen LogP contribution in [0.4, 0.5) is 19.0 Å². The van der Waals surface area contributed by atoms with Crippen molar-refractivity contribution in [2.75, 3.05) is 5.32 Å². The van der Waals surface area contributed by atoms with E-state index >= 15 is 0 Å². The van der Waals surface area contributed by atoms with Crippen LogP contribution in [-0.4, -0.2) is 20.7 Å². The molecule has 7 nitrogen and oxygen atoms in total. The molecule has 0 saturated carbocycles. The van der Waals surface area contributed by atoms with Crippen LogP contribution in [0.5, 0.6) is 5.75 Å². The SMILES string of the molecule is Cc1oc2ccc(OCc3cccnc3C(F)(F)F)cc2c1C(=O)Nc1ccnn1C. The first-order valence-electron chi connectivity index (χ1n) is 9.20. The molecule has 0 unspecified atom stereocenters. The van der Waals surface area contributed by atoms with E-state index in [2.05, 4.69) is 15.4 Å². The highest BCUT2D eigenvalue weighted by molar-refractivity contribution is 6.13. The summed E-state index contributed by atoms with van der Waals surface area (Å²) >= 11 is 0. The van der Waals surface area contributed by atoms with E-state index in [0.717, 1.165) is 6.20 Å². The van der Waals surface area contributed by atoms with Crippen molar-refractivity contribution in [2.45, 2.75) is 19.7 Å². The summed E-state index contributed by atoms with van der Waals surface area (Å²) in [5, 5.41) is 7.24. The van der Waals surface area contributed by atoms with Gasteiger partial charge < -0.3 is 14.5 Å². The monoisotopic (exact) mass is 430 g/mol. The van der Waals surface area contributed by atoms with Gasteiger partial charge in [-0.05, 0) is 31.2 Å². The average Bonchev–Trinajstić information content (AvgIpc) is 3.27. The molecule has 0 aliphatic heterocycles. The van der Waals surface area contributed by atoms with Gasteiger partial charge in [-0.15, -0.1) is 0 Å². The molecule has 10 heteroatoms. The number of alkyl halides is 3. The van der Waals surface area contributed by atoms with Gasteiger partial charge in [-0.2, -0.15) is 18.3 Å². The van der Waals surface area contributed by atoms with Gasteiger partial charge in [0.15, 0.2) is 5.69 Å². The number of aryl methyl sites for hydroxylation is 2. The van der Waals surface area contributed by atoms with E-state index in [9.17, 15) is 18.0 Å². The Balaban J connectivity index is 1.61. The molecule has 0 aliphatic rings. The summed E-state index contributed by atoms with van der Waals surface area (Å²) in [5.41, 5.74) is -0.324. The molecular weight excluding hydrogens is 413 g/mol. The van der Waals surface area contributed by atoms with Crippen molar-refractivity contribution in [3.63, 3.8) is 0 Å². The van der Waals surface area contributed by atoms with Crippen LogP contribution >= 0.6 is 0 Å². The lowest BCUT2D eigenvalue weighted by Crippen LogP contribution is -2.15. The molecule has 1 aromatic carbocycles. The molecular formula is C21H17F3N4O3. The number of amides is 1. The largest absolute Gasteiger partial charge is 0.489 e. The molecule has 31 heavy (non-hydrogen) atoms. The number of hydrogen-bond acceptors (Lipinski definition) is 5. The first kappa shape index (κ1) is 20.5. The van der Waals surface area contributed by atoms with Crippen LogP contribution in [0.15, 0.2) is 53.2 Å². The van der Waals surface area contributed by atoms with Crippen molar-refractivity contribution in [3.8, 4) is 5.75 Å². The van der Waals surface area contributed by atoms with Crippen molar-refractivity contribution >= 4 is 22.7 Å². The Hall–Kier alpha value is -3.82. The highest BCUT2D eigenvalue weighted by Gasteiger charge is 2.35. The third kappa shape index (κ3) is 4.09. The van der Waals surface area contributed by atoms with Gasteiger partial charge in [0.1, 0.15) is 29.5 Å². The van der Waals surface area contributed by atoms with Crippen molar-refractivity contribution in [3.05, 3.63) is 71.4 Å². The Morgan fingerprint density at radius 3 is 2.74 bits per heavy atom. The molecule has 0 saturated heterocycles. The number of halogens is 3. The molecule has 160 valence electrons. The average molecular weight is 430 g/mol. The molecule has 3 aromatic heterocycles. The number of anilines is 1. The molecule has 0 aliphatic carbocycles. The summed E-state index contributed by atoms with van der Waals surface area (Å²) < 4.78 is 52.1. The van der Waals surface area contributed by atoms with Crippen LogP contribution in [0.1, 0.15) is 27.4 Å². The van der Waals surface area contributed by atoms with E-state index in [1.54, 1.807) is 44.4 Å². The first-order valence-corrected chi connectivity index (χ1v) is 9.20. The zero-order valence-electron chi connectivity index (χ0n) is 16.5. The van der Waals surface area contributed by atoms with E-state index in [0.29, 0.717) is 33.9 Å². The molecule has 0 bridgehead atoms. The summed E-state index contributed by atoms with van der Waals surface area (Å²) in [6, 6.07) is 9.11. The number of ether oxygens (including phenoxy) is 1. The molecule has 4 aromatic rings. The summed E-state index contributed by atoms with van der Waals surface area (Å²) in [6.07, 6.45) is -1.95. The van der Waals surface area contributed by atoms with Gasteiger partial charge in [0.25, 0.3) is 5.91 Å². The van der Waals surface area contributed by atoms with Gasteiger partial charge in [0.2, 0.25) is 0 Å². The number of furan rings is 1. The number of nitrogens with one attached hydrogen (secondary N) is 1. The molecule has 4 rings (SSSR count). The van der Waals surface area contributed by atoms with Crippen molar-refractivity contribution in [1.29, 1.82) is 0 Å². The van der Waals surface area contributed by atoms with Crippen LogP contribution < -0.4 is 10.1 Å². The number of rotatable bonds is 5. The summed E-state index contributed by atoms with van der Waals surface area (Å²) in [4.78, 5) is 16.2. The van der Waals surface area contributed by atoms with Gasteiger partial charge in [-0.25, -0.2) is 0 Å². The van der Waals surface area contributed by atoms with E-state index in [-0.39, 0.29) is 12.2 Å². The Morgan fingerprint density at radius 2 is 2.03 bits per heavy atom. The minimum Gasteiger partial charge on any atom is -0.489 e. The predicted molar refractivity (Wildman–Crippen MR) is 106 cm³/mol. The Bertz CT molecular complexity index is 1260. The highest BCUT2D eigenvalue weighted by atomic mass is 19.4. The van der Waals surface area contributed by atoms with Crippen LogP contribution in [0.25, 0.3) is 11.0 Å². The standard InChI is InChI=1S/C21H17F3N4O3/c1-12-18(20(29)27-17-7-9-26-28(17)2)15-10-14(5-6-16(15)31-12)30-11-13-4-3-8-25-19(13)21(22,23)24/h3-10H,11H2,1-2H3,(H,27,29). The third-order valence-electron chi connectivity index (χ3n) is 4.68. The number of aromatic nitrogens is 3. The maximum absolute atomic E-state index is 13.1. The number of nitrogens with zero attached hydrogens (tertiary/aromatic N) is 3. The molecule has 0 fully saturated rings. The second-order valence-electron chi connectivity index (χ2n) is 6.78. The lowest BCUT2D eigenvalue weighted by molar-refractivity contribution is -0.142. The molecule has 0 spiro atoms. The lowest BCUT2D eigenvalue weighted by atomic mass is 10.1. The fourth-order valence-electron chi connectivity index (χ4n) is 3.22. The molecule has 1 N–H and O–H groups in total. The number of hydrogen-bond donors (Lipinski definition) is 1. The number of fused-ring (bicyclic) bond motifs is 1. The van der Waals surface area contributed by atoms with Gasteiger partial charge in [-0.3, -0.25) is 14.5 Å². The maximum atomic E-state index is 13.1. The van der Waals surface area contributed by atoms with Crippen LogP contribution in [0.3, 0.4) is 0 Å². The lowest BCUT2D eigenvalue weighted by Gasteiger charge is -2.12. The number of carbonyl (C=O) groups is 1. The first-order chi connectivity index (χ1) is 14.7. The Labute approximate surface area is 174 Å². The summed E-state index contributed by atoms with van der Waals surface area (Å²) in [7, 11) is 1.69. The van der Waals surface area contributed by atoms with Crippen molar-refractivity contribution < 1.29 is 27.1 Å². The quantitative estimate of drug-likeness (QED) is 0.496. The molecule has 0 radical (unpaired) electrons. The van der Waals surface area contributed by atoms with Gasteiger partial charge in [0, 0.05) is 30.3 Å². The predicted octanol–water partition coefficient (Wildman–Crippen LogP) is 4.72. The highest BCUT2D eigenvalue weighted by Crippen LogP contribution is 2.32. The van der Waals surface area contributed by atoms with E-state index in [1.807, 2.05) is 0 Å². The normalized spacial score (nSPS) is 11.6. The number of benzene rings is 1. The third-order valence-corrected chi connectivity index (χ3v) is 4.68. The van der Waals surface area contributed by atoms with E-state index in [4.69, 9.17) is 9.15 Å². The Morgan fingerprint density at radius 1 is 1.23 bits per heavy atom.